The normalized spacial score (nSPS) is 15.9. The lowest BCUT2D eigenvalue weighted by Crippen LogP contribution is -2.47. The molecule has 1 aromatic carbocycles. The number of anilines is 1. The van der Waals surface area contributed by atoms with Crippen molar-refractivity contribution in [3.05, 3.63) is 33.9 Å². The predicted octanol–water partition coefficient (Wildman–Crippen LogP) is 1.43. The molecule has 24 heavy (non-hydrogen) atoms. The van der Waals surface area contributed by atoms with Crippen molar-refractivity contribution in [3.63, 3.8) is 0 Å². The van der Waals surface area contributed by atoms with Crippen molar-refractivity contribution in [2.75, 3.05) is 58.2 Å². The monoisotopic (exact) mass is 336 g/mol. The Morgan fingerprint density at radius 3 is 2.54 bits per heavy atom. The summed E-state index contributed by atoms with van der Waals surface area (Å²) in [4.78, 5) is 27.0. The van der Waals surface area contributed by atoms with Crippen LogP contribution in [-0.4, -0.2) is 73.6 Å². The fourth-order valence-corrected chi connectivity index (χ4v) is 2.76. The van der Waals surface area contributed by atoms with E-state index in [4.69, 9.17) is 4.74 Å². The lowest BCUT2D eigenvalue weighted by atomic mass is 10.1. The number of rotatable bonds is 7. The minimum Gasteiger partial charge on any atom is -0.465 e. The molecule has 132 valence electrons. The van der Waals surface area contributed by atoms with E-state index in [1.54, 1.807) is 6.07 Å². The van der Waals surface area contributed by atoms with Crippen molar-refractivity contribution in [2.24, 2.45) is 0 Å². The smallest absolute Gasteiger partial charge is 0.340 e. The molecule has 1 aromatic rings. The number of nitrogens with one attached hydrogen (secondary N) is 1. The van der Waals surface area contributed by atoms with Gasteiger partial charge in [0.15, 0.2) is 0 Å². The zero-order chi connectivity index (χ0) is 17.5. The lowest BCUT2D eigenvalue weighted by Gasteiger charge is -2.34. The summed E-state index contributed by atoms with van der Waals surface area (Å²) in [6, 6.07) is 4.18. The molecule has 1 N–H and O–H groups in total. The Balaban J connectivity index is 1.94. The molecule has 1 saturated heterocycles. The van der Waals surface area contributed by atoms with Gasteiger partial charge in [0.25, 0.3) is 5.69 Å². The van der Waals surface area contributed by atoms with E-state index in [-0.39, 0.29) is 11.3 Å². The van der Waals surface area contributed by atoms with Crippen LogP contribution in [0.5, 0.6) is 0 Å². The van der Waals surface area contributed by atoms with E-state index in [0.29, 0.717) is 12.2 Å². The summed E-state index contributed by atoms with van der Waals surface area (Å²) < 4.78 is 4.71. The van der Waals surface area contributed by atoms with Gasteiger partial charge in [0.05, 0.1) is 17.6 Å². The van der Waals surface area contributed by atoms with Crippen LogP contribution in [0.4, 0.5) is 11.4 Å². The first-order chi connectivity index (χ1) is 11.5. The van der Waals surface area contributed by atoms with Crippen LogP contribution in [-0.2, 0) is 4.74 Å². The molecule has 0 atom stereocenters. The maximum atomic E-state index is 11.8. The highest BCUT2D eigenvalue weighted by Gasteiger charge is 2.18. The zero-order valence-corrected chi connectivity index (χ0v) is 14.2. The number of hydrogen-bond donors (Lipinski definition) is 1. The van der Waals surface area contributed by atoms with Gasteiger partial charge in [-0.25, -0.2) is 4.79 Å². The van der Waals surface area contributed by atoms with E-state index in [0.717, 1.165) is 39.3 Å². The van der Waals surface area contributed by atoms with Crippen molar-refractivity contribution >= 4 is 17.3 Å². The van der Waals surface area contributed by atoms with Crippen LogP contribution in [0.25, 0.3) is 0 Å². The van der Waals surface area contributed by atoms with Crippen molar-refractivity contribution in [2.45, 2.75) is 6.92 Å². The van der Waals surface area contributed by atoms with Crippen molar-refractivity contribution in [1.29, 1.82) is 0 Å². The van der Waals surface area contributed by atoms with Crippen molar-refractivity contribution in [1.82, 2.24) is 9.80 Å². The molecule has 1 aliphatic heterocycles. The highest BCUT2D eigenvalue weighted by atomic mass is 16.6. The van der Waals surface area contributed by atoms with Gasteiger partial charge in [-0.15, -0.1) is 0 Å². The summed E-state index contributed by atoms with van der Waals surface area (Å²) >= 11 is 0. The second-order valence-electron chi connectivity index (χ2n) is 5.68. The Kier molecular flexibility index (Phi) is 6.51. The fourth-order valence-electron chi connectivity index (χ4n) is 2.76. The number of esters is 1. The molecule has 0 radical (unpaired) electrons. The molecular weight excluding hydrogens is 312 g/mol. The van der Waals surface area contributed by atoms with Crippen LogP contribution in [0.3, 0.4) is 0 Å². The minimum atomic E-state index is -0.585. The number of carbonyl (C=O) groups is 1. The van der Waals surface area contributed by atoms with Gasteiger partial charge >= 0.3 is 5.97 Å². The van der Waals surface area contributed by atoms with Crippen LogP contribution in [0.15, 0.2) is 18.2 Å². The summed E-state index contributed by atoms with van der Waals surface area (Å²) in [5.41, 5.74) is 0.610. The third kappa shape index (κ3) is 4.65. The molecule has 0 spiro atoms. The number of nitrogens with zero attached hydrogens (tertiary/aromatic N) is 3. The Morgan fingerprint density at radius 2 is 1.96 bits per heavy atom. The largest absolute Gasteiger partial charge is 0.465 e. The molecule has 0 bridgehead atoms. The van der Waals surface area contributed by atoms with Gasteiger partial charge in [0.2, 0.25) is 0 Å². The molecule has 0 aromatic heterocycles. The molecule has 0 unspecified atom stereocenters. The van der Waals surface area contributed by atoms with Gasteiger partial charge in [-0.3, -0.25) is 15.0 Å². The summed E-state index contributed by atoms with van der Waals surface area (Å²) in [5, 5.41) is 14.1. The summed E-state index contributed by atoms with van der Waals surface area (Å²) in [7, 11) is 1.26. The van der Waals surface area contributed by atoms with Gasteiger partial charge < -0.3 is 15.0 Å². The number of likely N-dealkylation sites (N-methyl/N-ethyl adjacent to an activating group) is 1. The third-order valence-electron chi connectivity index (χ3n) is 4.27. The Morgan fingerprint density at radius 1 is 1.29 bits per heavy atom. The molecule has 1 fully saturated rings. The Hall–Kier alpha value is -2.19. The quantitative estimate of drug-likeness (QED) is 0.458. The van der Waals surface area contributed by atoms with E-state index in [2.05, 4.69) is 22.0 Å². The molecule has 0 amide bonds. The summed E-state index contributed by atoms with van der Waals surface area (Å²) in [6.45, 7) is 8.96. The van der Waals surface area contributed by atoms with Crippen molar-refractivity contribution in [3.8, 4) is 0 Å². The first-order valence-corrected chi connectivity index (χ1v) is 8.10. The number of nitro benzene ring substituents is 1. The number of non-ortho nitro benzene ring substituents is 1. The van der Waals surface area contributed by atoms with E-state index in [1.165, 1.54) is 19.2 Å². The third-order valence-corrected chi connectivity index (χ3v) is 4.27. The topological polar surface area (TPSA) is 88.0 Å². The highest BCUT2D eigenvalue weighted by molar-refractivity contribution is 5.96. The SMILES string of the molecule is CCN1CCN(CCNc2ccc([N+](=O)[O-])cc2C(=O)OC)CC1. The van der Waals surface area contributed by atoms with Gasteiger partial charge in [0, 0.05) is 57.1 Å². The second-order valence-corrected chi connectivity index (χ2v) is 5.68. The van der Waals surface area contributed by atoms with E-state index in [1.807, 2.05) is 0 Å². The first-order valence-electron chi connectivity index (χ1n) is 8.10. The molecule has 0 saturated carbocycles. The van der Waals surface area contributed by atoms with Gasteiger partial charge in [-0.05, 0) is 12.6 Å². The molecular formula is C16H24N4O4. The van der Waals surface area contributed by atoms with Crippen LogP contribution in [0.1, 0.15) is 17.3 Å². The Bertz CT molecular complexity index is 585. The standard InChI is InChI=1S/C16H24N4O4/c1-3-18-8-10-19(11-9-18)7-6-17-15-5-4-13(20(22)23)12-14(15)16(21)24-2/h4-5,12,17H,3,6-11H2,1-2H3. The van der Waals surface area contributed by atoms with Crippen LogP contribution < -0.4 is 5.32 Å². The fraction of sp³-hybridized carbons (Fsp3) is 0.562. The van der Waals surface area contributed by atoms with E-state index < -0.39 is 10.9 Å². The number of nitro groups is 1. The number of benzene rings is 1. The van der Waals surface area contributed by atoms with Crippen LogP contribution >= 0.6 is 0 Å². The minimum absolute atomic E-state index is 0.128. The molecule has 8 heteroatoms. The average molecular weight is 336 g/mol. The maximum Gasteiger partial charge on any atom is 0.340 e. The summed E-state index contributed by atoms with van der Waals surface area (Å²) in [6.07, 6.45) is 0. The number of piperazine rings is 1. The predicted molar refractivity (Wildman–Crippen MR) is 91.5 cm³/mol. The lowest BCUT2D eigenvalue weighted by molar-refractivity contribution is -0.384. The average Bonchev–Trinajstić information content (AvgIpc) is 2.61. The van der Waals surface area contributed by atoms with Gasteiger partial charge in [-0.2, -0.15) is 0 Å². The number of ether oxygens (including phenoxy) is 1. The molecule has 1 heterocycles. The Labute approximate surface area is 141 Å². The van der Waals surface area contributed by atoms with E-state index in [9.17, 15) is 14.9 Å². The number of methoxy groups -OCH3 is 1. The number of carbonyl (C=O) groups excluding carboxylic acids is 1. The second kappa shape index (κ2) is 8.60. The van der Waals surface area contributed by atoms with Crippen LogP contribution in [0, 0.1) is 10.1 Å². The molecule has 2 rings (SSSR count). The maximum absolute atomic E-state index is 11.8. The molecule has 1 aliphatic rings. The van der Waals surface area contributed by atoms with Crippen molar-refractivity contribution < 1.29 is 14.5 Å². The zero-order valence-electron chi connectivity index (χ0n) is 14.2. The van der Waals surface area contributed by atoms with Gasteiger partial charge in [-0.1, -0.05) is 6.92 Å². The first kappa shape index (κ1) is 18.2. The highest BCUT2D eigenvalue weighted by Crippen LogP contribution is 2.22. The molecule has 0 aliphatic carbocycles. The van der Waals surface area contributed by atoms with E-state index >= 15 is 0 Å². The molecule has 8 nitrogen and oxygen atoms in total. The van der Waals surface area contributed by atoms with Gasteiger partial charge in [0.1, 0.15) is 0 Å². The number of hydrogen-bond acceptors (Lipinski definition) is 7. The summed E-state index contributed by atoms with van der Waals surface area (Å²) in [5.74, 6) is -0.585. The van der Waals surface area contributed by atoms with Crippen LogP contribution in [0.2, 0.25) is 0 Å².